The fourth-order valence-corrected chi connectivity index (χ4v) is 4.76. The van der Waals surface area contributed by atoms with Crippen LogP contribution in [0, 0.1) is 0 Å². The first-order valence-electron chi connectivity index (χ1n) is 8.26. The van der Waals surface area contributed by atoms with Crippen molar-refractivity contribution in [1.29, 1.82) is 0 Å². The molecule has 2 aliphatic heterocycles. The quantitative estimate of drug-likeness (QED) is 0.719. The number of carbonyl (C=O) groups is 2. The number of likely N-dealkylation sites (N-methyl/N-ethyl adjacent to an activating group) is 1. The number of para-hydroxylation sites is 1. The molecule has 142 valence electrons. The Kier molecular flexibility index (Phi) is 4.91. The van der Waals surface area contributed by atoms with Crippen LogP contribution >= 0.6 is 0 Å². The zero-order chi connectivity index (χ0) is 18.9. The van der Waals surface area contributed by atoms with Crippen molar-refractivity contribution in [3.05, 3.63) is 24.3 Å². The molecule has 10 heteroatoms. The van der Waals surface area contributed by atoms with Crippen molar-refractivity contribution >= 4 is 27.5 Å². The highest BCUT2D eigenvalue weighted by molar-refractivity contribution is 7.89. The van der Waals surface area contributed by atoms with Crippen LogP contribution in [0.25, 0.3) is 0 Å². The van der Waals surface area contributed by atoms with E-state index >= 15 is 0 Å². The molecule has 26 heavy (non-hydrogen) atoms. The van der Waals surface area contributed by atoms with Gasteiger partial charge in [-0.3, -0.25) is 14.4 Å². The molecule has 0 unspecified atom stereocenters. The van der Waals surface area contributed by atoms with E-state index in [2.05, 4.69) is 10.0 Å². The summed E-state index contributed by atoms with van der Waals surface area (Å²) in [7, 11) is -0.837. The number of anilines is 1. The molecule has 0 aliphatic carbocycles. The minimum Gasteiger partial charge on any atom is -0.365 e. The fourth-order valence-electron chi connectivity index (χ4n) is 3.21. The molecule has 1 atom stereocenters. The number of fused-ring (bicyclic) bond motifs is 1. The fraction of sp³-hybridized carbons (Fsp3) is 0.500. The van der Waals surface area contributed by atoms with Crippen LogP contribution in [0.3, 0.4) is 0 Å². The van der Waals surface area contributed by atoms with Crippen molar-refractivity contribution in [2.45, 2.75) is 29.8 Å². The van der Waals surface area contributed by atoms with Crippen molar-refractivity contribution in [2.75, 3.05) is 32.6 Å². The van der Waals surface area contributed by atoms with Crippen LogP contribution in [-0.4, -0.2) is 63.1 Å². The Morgan fingerprint density at radius 1 is 1.35 bits per heavy atom. The maximum Gasteiger partial charge on any atom is 0.265 e. The summed E-state index contributed by atoms with van der Waals surface area (Å²) in [6, 6.07) is 6.66. The van der Waals surface area contributed by atoms with Gasteiger partial charge in [-0.05, 0) is 18.6 Å². The Labute approximate surface area is 152 Å². The predicted molar refractivity (Wildman–Crippen MR) is 93.3 cm³/mol. The minimum atomic E-state index is -3.68. The molecule has 0 bridgehead atoms. The Hall–Kier alpha value is -2.17. The van der Waals surface area contributed by atoms with Crippen molar-refractivity contribution in [2.24, 2.45) is 0 Å². The highest BCUT2D eigenvalue weighted by Crippen LogP contribution is 2.34. The molecule has 1 spiro atoms. The summed E-state index contributed by atoms with van der Waals surface area (Å²) in [5, 5.41) is 4.31. The molecular formula is C16H22N4O5S. The van der Waals surface area contributed by atoms with Gasteiger partial charge in [-0.1, -0.05) is 12.1 Å². The number of hydroxylamine groups is 2. The van der Waals surface area contributed by atoms with E-state index in [0.29, 0.717) is 18.5 Å². The zero-order valence-corrected chi connectivity index (χ0v) is 15.5. The number of benzene rings is 1. The van der Waals surface area contributed by atoms with Crippen LogP contribution in [-0.2, 0) is 24.4 Å². The normalized spacial score (nSPS) is 24.5. The summed E-state index contributed by atoms with van der Waals surface area (Å²) in [6.07, 6.45) is 0.766. The maximum absolute atomic E-state index is 12.6. The standard InChI is InChI=1S/C16H22N4O5S/c1-19(25-2)15(22)11-20-10-9-16(8-7-14(20)21)17-12-5-3-4-6-13(12)26(23,24)18-16/h3-6,17-18H,7-11H2,1-2H3/t16-/m1/s1. The Morgan fingerprint density at radius 2 is 2.08 bits per heavy atom. The van der Waals surface area contributed by atoms with Gasteiger partial charge < -0.3 is 10.2 Å². The average molecular weight is 382 g/mol. The lowest BCUT2D eigenvalue weighted by molar-refractivity contribution is -0.171. The predicted octanol–water partition coefficient (Wildman–Crippen LogP) is 0.119. The summed E-state index contributed by atoms with van der Waals surface area (Å²) < 4.78 is 27.9. The SMILES string of the molecule is CON(C)C(=O)CN1CC[C@]2(CCC1=O)Nc1ccccc1S(=O)(=O)N2. The van der Waals surface area contributed by atoms with Gasteiger partial charge in [-0.25, -0.2) is 13.5 Å². The van der Waals surface area contributed by atoms with E-state index in [0.717, 1.165) is 5.06 Å². The molecule has 0 radical (unpaired) electrons. The van der Waals surface area contributed by atoms with Crippen LogP contribution in [0.15, 0.2) is 29.2 Å². The number of amides is 2. The third-order valence-corrected chi connectivity index (χ3v) is 6.35. The second-order valence-electron chi connectivity index (χ2n) is 6.45. The van der Waals surface area contributed by atoms with Gasteiger partial charge in [0.1, 0.15) is 17.1 Å². The lowest BCUT2D eigenvalue weighted by Gasteiger charge is -2.39. The van der Waals surface area contributed by atoms with Gasteiger partial charge in [0.05, 0.1) is 12.8 Å². The van der Waals surface area contributed by atoms with Gasteiger partial charge >= 0.3 is 0 Å². The van der Waals surface area contributed by atoms with Crippen LogP contribution < -0.4 is 10.0 Å². The third kappa shape index (κ3) is 3.53. The first-order valence-corrected chi connectivity index (χ1v) is 9.74. The molecule has 2 amide bonds. The smallest absolute Gasteiger partial charge is 0.265 e. The van der Waals surface area contributed by atoms with Gasteiger partial charge in [-0.2, -0.15) is 4.72 Å². The van der Waals surface area contributed by atoms with Gasteiger partial charge in [0, 0.05) is 26.4 Å². The van der Waals surface area contributed by atoms with Crippen LogP contribution in [0.4, 0.5) is 5.69 Å². The molecule has 1 aromatic carbocycles. The molecular weight excluding hydrogens is 360 g/mol. The van der Waals surface area contributed by atoms with Gasteiger partial charge in [0.15, 0.2) is 0 Å². The summed E-state index contributed by atoms with van der Waals surface area (Å²) in [4.78, 5) is 30.9. The zero-order valence-electron chi connectivity index (χ0n) is 14.7. The number of nitrogens with zero attached hydrogens (tertiary/aromatic N) is 2. The third-order valence-electron chi connectivity index (χ3n) is 4.76. The minimum absolute atomic E-state index is 0.109. The van der Waals surface area contributed by atoms with Gasteiger partial charge in [-0.15, -0.1) is 0 Å². The Bertz CT molecular complexity index is 828. The van der Waals surface area contributed by atoms with Gasteiger partial charge in [0.25, 0.3) is 5.91 Å². The van der Waals surface area contributed by atoms with Crippen molar-refractivity contribution in [1.82, 2.24) is 14.7 Å². The molecule has 2 aliphatic rings. The van der Waals surface area contributed by atoms with Crippen molar-refractivity contribution < 1.29 is 22.8 Å². The second kappa shape index (κ2) is 6.86. The summed E-state index contributed by atoms with van der Waals surface area (Å²) in [5.41, 5.74) is -0.435. The molecule has 1 aromatic rings. The van der Waals surface area contributed by atoms with E-state index in [1.807, 2.05) is 0 Å². The lowest BCUT2D eigenvalue weighted by atomic mass is 10.0. The van der Waals surface area contributed by atoms with E-state index in [1.165, 1.54) is 25.1 Å². The molecule has 2 heterocycles. The van der Waals surface area contributed by atoms with E-state index in [1.54, 1.807) is 18.2 Å². The van der Waals surface area contributed by atoms with Crippen LogP contribution in [0.5, 0.6) is 0 Å². The number of likely N-dealkylation sites (tertiary alicyclic amines) is 1. The highest BCUT2D eigenvalue weighted by Gasteiger charge is 2.43. The van der Waals surface area contributed by atoms with E-state index in [-0.39, 0.29) is 36.2 Å². The topological polar surface area (TPSA) is 108 Å². The molecule has 3 rings (SSSR count). The number of rotatable bonds is 3. The molecule has 1 saturated heterocycles. The highest BCUT2D eigenvalue weighted by atomic mass is 32.2. The maximum atomic E-state index is 12.6. The number of hydrogen-bond acceptors (Lipinski definition) is 6. The first kappa shape index (κ1) is 18.6. The van der Waals surface area contributed by atoms with Crippen LogP contribution in [0.1, 0.15) is 19.3 Å². The first-order chi connectivity index (χ1) is 12.3. The second-order valence-corrected chi connectivity index (χ2v) is 8.10. The molecule has 0 saturated carbocycles. The number of nitrogens with one attached hydrogen (secondary N) is 2. The van der Waals surface area contributed by atoms with E-state index < -0.39 is 15.7 Å². The average Bonchev–Trinajstić information content (AvgIpc) is 2.74. The Balaban J connectivity index is 1.80. The molecule has 2 N–H and O–H groups in total. The van der Waals surface area contributed by atoms with Crippen LogP contribution in [0.2, 0.25) is 0 Å². The summed E-state index contributed by atoms with van der Waals surface area (Å²) in [6.45, 7) is 0.141. The number of hydrogen-bond donors (Lipinski definition) is 2. The molecule has 9 nitrogen and oxygen atoms in total. The summed E-state index contributed by atoms with van der Waals surface area (Å²) in [5.74, 6) is -0.543. The van der Waals surface area contributed by atoms with E-state index in [4.69, 9.17) is 4.84 Å². The van der Waals surface area contributed by atoms with Gasteiger partial charge in [0.2, 0.25) is 15.9 Å². The summed E-state index contributed by atoms with van der Waals surface area (Å²) >= 11 is 0. The van der Waals surface area contributed by atoms with Crippen molar-refractivity contribution in [3.63, 3.8) is 0 Å². The monoisotopic (exact) mass is 382 g/mol. The number of carbonyl (C=O) groups excluding carboxylic acids is 2. The largest absolute Gasteiger partial charge is 0.365 e. The lowest BCUT2D eigenvalue weighted by Crippen LogP contribution is -2.57. The molecule has 0 aromatic heterocycles. The van der Waals surface area contributed by atoms with E-state index in [9.17, 15) is 18.0 Å². The molecule has 1 fully saturated rings. The number of sulfonamides is 1. The Morgan fingerprint density at radius 3 is 2.81 bits per heavy atom. The van der Waals surface area contributed by atoms with Crippen molar-refractivity contribution in [3.8, 4) is 0 Å².